The summed E-state index contributed by atoms with van der Waals surface area (Å²) in [5, 5.41) is 11.1. The number of anilines is 2. The lowest BCUT2D eigenvalue weighted by atomic mass is 9.78. The molecular weight excluding hydrogens is 548 g/mol. The van der Waals surface area contributed by atoms with Gasteiger partial charge in [-0.1, -0.05) is 127 Å². The molecule has 2 atom stereocenters. The van der Waals surface area contributed by atoms with Gasteiger partial charge in [-0.2, -0.15) is 5.10 Å². The highest BCUT2D eigenvalue weighted by Gasteiger charge is 2.50. The van der Waals surface area contributed by atoms with Crippen LogP contribution in [0.5, 0.6) is 0 Å². The SMILES string of the molecule is CC12C=CC=CC1N(c1ccc(-c3ccccc3)cc1)c1c2nnc2c3ccccc3n(-c3ccc(-c4ccccc4)cc3)c12. The first kappa shape index (κ1) is 25.7. The number of hydrogen-bond donors (Lipinski definition) is 0. The van der Waals surface area contributed by atoms with Gasteiger partial charge in [0.2, 0.25) is 0 Å². The third-order valence-corrected chi connectivity index (χ3v) is 9.52. The lowest BCUT2D eigenvalue weighted by molar-refractivity contribution is 0.534. The number of hydrogen-bond acceptors (Lipinski definition) is 3. The second kappa shape index (κ2) is 9.90. The van der Waals surface area contributed by atoms with Crippen LogP contribution < -0.4 is 4.90 Å². The fourth-order valence-electron chi connectivity index (χ4n) is 7.26. The van der Waals surface area contributed by atoms with Crippen molar-refractivity contribution >= 4 is 33.3 Å². The number of nitrogens with zero attached hydrogens (tertiary/aromatic N) is 4. The van der Waals surface area contributed by atoms with Gasteiger partial charge in [0, 0.05) is 16.8 Å². The molecule has 1 aliphatic carbocycles. The van der Waals surface area contributed by atoms with E-state index in [9.17, 15) is 0 Å². The number of fused-ring (bicyclic) bond motifs is 7. The summed E-state index contributed by atoms with van der Waals surface area (Å²) in [5.74, 6) is 0. The highest BCUT2D eigenvalue weighted by atomic mass is 15.3. The fraction of sp³-hybridized carbons (Fsp3) is 0.0732. The molecule has 4 nitrogen and oxygen atoms in total. The van der Waals surface area contributed by atoms with Gasteiger partial charge >= 0.3 is 0 Å². The molecule has 0 bridgehead atoms. The number of allylic oxidation sites excluding steroid dienone is 2. The third-order valence-electron chi connectivity index (χ3n) is 9.52. The predicted octanol–water partition coefficient (Wildman–Crippen LogP) is 9.81. The molecule has 1 aliphatic heterocycles. The summed E-state index contributed by atoms with van der Waals surface area (Å²) < 4.78 is 2.38. The smallest absolute Gasteiger partial charge is 0.121 e. The lowest BCUT2D eigenvalue weighted by Crippen LogP contribution is -2.39. The molecule has 45 heavy (non-hydrogen) atoms. The van der Waals surface area contributed by atoms with E-state index in [1.54, 1.807) is 0 Å². The average molecular weight is 579 g/mol. The molecule has 5 aromatic carbocycles. The van der Waals surface area contributed by atoms with Crippen LogP contribution in [0.4, 0.5) is 11.4 Å². The summed E-state index contributed by atoms with van der Waals surface area (Å²) in [6.45, 7) is 2.29. The highest BCUT2D eigenvalue weighted by molar-refractivity contribution is 6.12. The Kier molecular flexibility index (Phi) is 5.66. The second-order valence-electron chi connectivity index (χ2n) is 12.1. The molecule has 9 rings (SSSR count). The molecule has 214 valence electrons. The molecule has 0 saturated heterocycles. The number of para-hydroxylation sites is 1. The Bertz CT molecular complexity index is 2260. The zero-order valence-electron chi connectivity index (χ0n) is 24.9. The monoisotopic (exact) mass is 578 g/mol. The molecule has 0 radical (unpaired) electrons. The minimum absolute atomic E-state index is 0.0619. The zero-order valence-corrected chi connectivity index (χ0v) is 24.9. The quantitative estimate of drug-likeness (QED) is 0.208. The van der Waals surface area contributed by atoms with Gasteiger partial charge in [0.25, 0.3) is 0 Å². The second-order valence-corrected chi connectivity index (χ2v) is 12.1. The van der Waals surface area contributed by atoms with Crippen LogP contribution in [-0.2, 0) is 5.41 Å². The van der Waals surface area contributed by atoms with Gasteiger partial charge in [-0.05, 0) is 59.5 Å². The van der Waals surface area contributed by atoms with Crippen LogP contribution in [0, 0.1) is 0 Å². The van der Waals surface area contributed by atoms with Crippen molar-refractivity contribution in [3.63, 3.8) is 0 Å². The van der Waals surface area contributed by atoms with Crippen LogP contribution in [0.3, 0.4) is 0 Å². The van der Waals surface area contributed by atoms with Gasteiger partial charge in [0.05, 0.1) is 22.7 Å². The van der Waals surface area contributed by atoms with Crippen LogP contribution in [0.25, 0.3) is 49.9 Å². The van der Waals surface area contributed by atoms with E-state index in [0.29, 0.717) is 0 Å². The van der Waals surface area contributed by atoms with E-state index >= 15 is 0 Å². The Morgan fingerprint density at radius 1 is 0.578 bits per heavy atom. The summed E-state index contributed by atoms with van der Waals surface area (Å²) in [6.07, 6.45) is 8.90. The number of benzene rings is 5. The van der Waals surface area contributed by atoms with Gasteiger partial charge in [0.1, 0.15) is 16.7 Å². The van der Waals surface area contributed by atoms with E-state index in [1.807, 2.05) is 0 Å². The van der Waals surface area contributed by atoms with Crippen molar-refractivity contribution in [2.75, 3.05) is 4.90 Å². The maximum absolute atomic E-state index is 5.01. The summed E-state index contributed by atoms with van der Waals surface area (Å²) in [4.78, 5) is 2.48. The Morgan fingerprint density at radius 2 is 1.16 bits per heavy atom. The van der Waals surface area contributed by atoms with E-state index in [1.165, 1.54) is 22.3 Å². The minimum atomic E-state index is -0.332. The summed E-state index contributed by atoms with van der Waals surface area (Å²) in [6, 6.07) is 47.5. The normalized spacial score (nSPS) is 18.4. The van der Waals surface area contributed by atoms with E-state index in [0.717, 1.165) is 44.7 Å². The first-order chi connectivity index (χ1) is 22.2. The predicted molar refractivity (Wildman–Crippen MR) is 185 cm³/mol. The molecule has 7 aromatic rings. The van der Waals surface area contributed by atoms with Gasteiger partial charge in [0.15, 0.2) is 0 Å². The highest BCUT2D eigenvalue weighted by Crippen LogP contribution is 2.54. The minimum Gasteiger partial charge on any atom is -0.330 e. The standard InChI is InChI=1S/C41H30N4/c1-41-27-11-10-18-36(41)45(33-25-21-31(22-26-33)29-14-6-3-7-15-29)39-38-37(42-43-40(39)41)34-16-8-9-17-35(34)44(38)32-23-19-30(20-24-32)28-12-4-2-5-13-28/h2-27,36H,1H3. The molecule has 4 heteroatoms. The molecule has 2 aliphatic rings. The molecule has 3 heterocycles. The number of aromatic nitrogens is 3. The maximum Gasteiger partial charge on any atom is 0.121 e. The fourth-order valence-corrected chi connectivity index (χ4v) is 7.26. The van der Waals surface area contributed by atoms with Crippen LogP contribution in [0.2, 0.25) is 0 Å². The molecular formula is C41H30N4. The van der Waals surface area contributed by atoms with Crippen molar-refractivity contribution in [3.8, 4) is 27.9 Å². The molecule has 0 fully saturated rings. The van der Waals surface area contributed by atoms with Crippen LogP contribution >= 0.6 is 0 Å². The van der Waals surface area contributed by atoms with Gasteiger partial charge in [-0.25, -0.2) is 0 Å². The molecule has 2 aromatic heterocycles. The lowest BCUT2D eigenvalue weighted by Gasteiger charge is -2.34. The first-order valence-corrected chi connectivity index (χ1v) is 15.5. The van der Waals surface area contributed by atoms with Crippen molar-refractivity contribution < 1.29 is 0 Å². The summed E-state index contributed by atoms with van der Waals surface area (Å²) >= 11 is 0. The maximum atomic E-state index is 5.01. The Morgan fingerprint density at radius 3 is 1.82 bits per heavy atom. The van der Waals surface area contributed by atoms with Crippen LogP contribution in [0.15, 0.2) is 158 Å². The van der Waals surface area contributed by atoms with Gasteiger partial charge < -0.3 is 9.47 Å². The first-order valence-electron chi connectivity index (χ1n) is 15.5. The molecule has 2 unspecified atom stereocenters. The topological polar surface area (TPSA) is 34.0 Å². The van der Waals surface area contributed by atoms with E-state index in [-0.39, 0.29) is 11.5 Å². The van der Waals surface area contributed by atoms with E-state index < -0.39 is 0 Å². The summed E-state index contributed by atoms with van der Waals surface area (Å²) in [7, 11) is 0. The van der Waals surface area contributed by atoms with E-state index in [2.05, 4.69) is 174 Å². The molecule has 0 amide bonds. The van der Waals surface area contributed by atoms with Crippen molar-refractivity contribution in [1.29, 1.82) is 0 Å². The van der Waals surface area contributed by atoms with Gasteiger partial charge in [-0.15, -0.1) is 5.10 Å². The number of rotatable bonds is 4. The molecule has 0 saturated carbocycles. The van der Waals surface area contributed by atoms with Crippen LogP contribution in [0.1, 0.15) is 12.6 Å². The third kappa shape index (κ3) is 3.85. The Balaban J connectivity index is 1.30. The average Bonchev–Trinajstić information content (AvgIpc) is 3.59. The Hall–Kier alpha value is -5.74. The van der Waals surface area contributed by atoms with Crippen molar-refractivity contribution in [2.45, 2.75) is 18.4 Å². The largest absolute Gasteiger partial charge is 0.330 e. The van der Waals surface area contributed by atoms with Crippen molar-refractivity contribution in [2.24, 2.45) is 0 Å². The van der Waals surface area contributed by atoms with E-state index in [4.69, 9.17) is 10.2 Å². The van der Waals surface area contributed by atoms with Crippen LogP contribution in [-0.4, -0.2) is 20.8 Å². The van der Waals surface area contributed by atoms with Crippen molar-refractivity contribution in [3.05, 3.63) is 163 Å². The van der Waals surface area contributed by atoms with Gasteiger partial charge in [-0.3, -0.25) is 0 Å². The van der Waals surface area contributed by atoms with Crippen molar-refractivity contribution in [1.82, 2.24) is 14.8 Å². The molecule has 0 spiro atoms. The summed E-state index contributed by atoms with van der Waals surface area (Å²) in [5.41, 5.74) is 11.9. The Labute approximate surface area is 262 Å². The zero-order chi connectivity index (χ0) is 30.0. The molecule has 0 N–H and O–H groups in total.